The third-order valence-electron chi connectivity index (χ3n) is 4.90. The lowest BCUT2D eigenvalue weighted by Crippen LogP contribution is -2.05. The topological polar surface area (TPSA) is 20.1 Å². The van der Waals surface area contributed by atoms with E-state index in [0.717, 1.165) is 22.2 Å². The van der Waals surface area contributed by atoms with Gasteiger partial charge in [0, 0.05) is 6.54 Å². The van der Waals surface area contributed by atoms with Gasteiger partial charge in [0.05, 0.1) is 10.9 Å². The minimum Gasteiger partial charge on any atom is -0.237 e. The maximum absolute atomic E-state index is 13.2. The van der Waals surface area contributed by atoms with Gasteiger partial charge in [-0.15, -0.1) is 0 Å². The first-order chi connectivity index (χ1) is 12.3. The van der Waals surface area contributed by atoms with Gasteiger partial charge in [0.25, 0.3) is 0 Å². The van der Waals surface area contributed by atoms with Gasteiger partial charge in [-0.2, -0.15) is 0 Å². The Morgan fingerprint density at radius 1 is 0.720 bits per heavy atom. The minimum atomic E-state index is -1.14. The average molecular weight is 343 g/mol. The van der Waals surface area contributed by atoms with E-state index in [1.807, 2.05) is 24.3 Å². The Labute approximate surface area is 149 Å². The zero-order valence-corrected chi connectivity index (χ0v) is 14.4. The molecule has 1 saturated heterocycles. The van der Waals surface area contributed by atoms with Gasteiger partial charge in [-0.05, 0) is 33.2 Å². The van der Waals surface area contributed by atoms with Gasteiger partial charge in [-0.3, -0.25) is 0 Å². The fraction of sp³-hybridized carbons (Fsp3) is 0.0909. The highest BCUT2D eigenvalue weighted by molar-refractivity contribution is 7.83. The van der Waals surface area contributed by atoms with E-state index in [1.54, 1.807) is 0 Å². The van der Waals surface area contributed by atoms with Gasteiger partial charge < -0.3 is 0 Å². The van der Waals surface area contributed by atoms with E-state index < -0.39 is 11.0 Å². The molecule has 0 saturated carbocycles. The van der Waals surface area contributed by atoms with Crippen molar-refractivity contribution in [2.75, 3.05) is 6.54 Å². The molecule has 0 spiro atoms. The summed E-state index contributed by atoms with van der Waals surface area (Å²) in [5.41, 5.74) is 1.27. The molecule has 4 aromatic carbocycles. The first kappa shape index (κ1) is 14.8. The van der Waals surface area contributed by atoms with E-state index in [9.17, 15) is 4.21 Å². The summed E-state index contributed by atoms with van der Waals surface area (Å²) in [6, 6.07) is 29.2. The Morgan fingerprint density at radius 2 is 1.32 bits per heavy atom. The van der Waals surface area contributed by atoms with Gasteiger partial charge in [0.1, 0.15) is 11.0 Å². The predicted octanol–water partition coefficient (Wildman–Crippen LogP) is 5.07. The molecule has 5 rings (SSSR count). The van der Waals surface area contributed by atoms with Crippen LogP contribution in [0.4, 0.5) is 0 Å². The number of hydrogen-bond donors (Lipinski definition) is 0. The SMILES string of the molecule is O=[S@@](c1cccc2ccccc12)N1CC1c1cccc2ccccc12. The third-order valence-corrected chi connectivity index (χ3v) is 6.46. The fourth-order valence-electron chi connectivity index (χ4n) is 3.58. The van der Waals surface area contributed by atoms with Gasteiger partial charge in [-0.1, -0.05) is 78.9 Å². The molecule has 1 fully saturated rings. The van der Waals surface area contributed by atoms with Gasteiger partial charge in [0.15, 0.2) is 0 Å². The molecule has 1 aliphatic heterocycles. The lowest BCUT2D eigenvalue weighted by Gasteiger charge is -2.09. The molecule has 4 aromatic rings. The average Bonchev–Trinajstić information content (AvgIpc) is 3.47. The number of benzene rings is 4. The Kier molecular flexibility index (Phi) is 3.44. The van der Waals surface area contributed by atoms with Gasteiger partial charge in [0.2, 0.25) is 0 Å². The molecule has 2 unspecified atom stereocenters. The van der Waals surface area contributed by atoms with Crippen LogP contribution in [0.2, 0.25) is 0 Å². The van der Waals surface area contributed by atoms with Crippen LogP contribution >= 0.6 is 0 Å². The lowest BCUT2D eigenvalue weighted by atomic mass is 10.0. The largest absolute Gasteiger partial charge is 0.237 e. The summed E-state index contributed by atoms with van der Waals surface area (Å²) in [5.74, 6) is 0. The standard InChI is InChI=1S/C22H17NOS/c24-25(22-14-6-10-17-8-2-4-12-19(17)22)23-15-21(23)20-13-5-9-16-7-1-3-11-18(16)20/h1-14,21H,15H2/t21?,23?,25-/m0/s1. The molecule has 0 aromatic heterocycles. The van der Waals surface area contributed by atoms with Crippen LogP contribution in [-0.4, -0.2) is 15.1 Å². The smallest absolute Gasteiger partial charge is 0.128 e. The zero-order chi connectivity index (χ0) is 16.8. The number of fused-ring (bicyclic) bond motifs is 2. The van der Waals surface area contributed by atoms with Crippen molar-refractivity contribution in [3.05, 3.63) is 90.5 Å². The molecule has 3 heteroatoms. The third kappa shape index (κ3) is 2.48. The Morgan fingerprint density at radius 3 is 2.12 bits per heavy atom. The van der Waals surface area contributed by atoms with E-state index >= 15 is 0 Å². The Hall–Kier alpha value is -2.49. The van der Waals surface area contributed by atoms with Crippen LogP contribution < -0.4 is 0 Å². The molecule has 122 valence electrons. The summed E-state index contributed by atoms with van der Waals surface area (Å²) in [6.07, 6.45) is 0. The summed E-state index contributed by atoms with van der Waals surface area (Å²) in [6.45, 7) is 0.837. The summed E-state index contributed by atoms with van der Waals surface area (Å²) in [7, 11) is -1.14. The first-order valence-corrected chi connectivity index (χ1v) is 9.57. The molecule has 1 aliphatic rings. The van der Waals surface area contributed by atoms with Crippen molar-refractivity contribution in [3.8, 4) is 0 Å². The molecular formula is C22H17NOS. The summed E-state index contributed by atoms with van der Waals surface area (Å²) < 4.78 is 15.3. The molecule has 1 heterocycles. The lowest BCUT2D eigenvalue weighted by molar-refractivity contribution is 0.648. The second kappa shape index (κ2) is 5.80. The van der Waals surface area contributed by atoms with Crippen LogP contribution in [0.1, 0.15) is 11.6 Å². The van der Waals surface area contributed by atoms with E-state index in [-0.39, 0.29) is 6.04 Å². The zero-order valence-electron chi connectivity index (χ0n) is 13.6. The van der Waals surface area contributed by atoms with Crippen LogP contribution in [0.25, 0.3) is 21.5 Å². The maximum atomic E-state index is 13.2. The number of nitrogens with zero attached hydrogens (tertiary/aromatic N) is 1. The van der Waals surface area contributed by atoms with Crippen LogP contribution in [0.15, 0.2) is 89.8 Å². The molecular weight excluding hydrogens is 326 g/mol. The molecule has 25 heavy (non-hydrogen) atoms. The number of hydrogen-bond acceptors (Lipinski definition) is 1. The molecule has 0 aliphatic carbocycles. The highest BCUT2D eigenvalue weighted by Gasteiger charge is 2.41. The van der Waals surface area contributed by atoms with E-state index in [4.69, 9.17) is 0 Å². The monoisotopic (exact) mass is 343 g/mol. The molecule has 3 atom stereocenters. The second-order valence-electron chi connectivity index (χ2n) is 6.41. The first-order valence-electron chi connectivity index (χ1n) is 8.47. The second-order valence-corrected chi connectivity index (χ2v) is 7.82. The Bertz CT molecular complexity index is 1110. The quantitative estimate of drug-likeness (QED) is 0.475. The molecule has 0 radical (unpaired) electrons. The molecule has 2 nitrogen and oxygen atoms in total. The van der Waals surface area contributed by atoms with Crippen molar-refractivity contribution in [2.24, 2.45) is 0 Å². The van der Waals surface area contributed by atoms with Crippen molar-refractivity contribution < 1.29 is 4.21 Å². The van der Waals surface area contributed by atoms with Gasteiger partial charge >= 0.3 is 0 Å². The van der Waals surface area contributed by atoms with Crippen molar-refractivity contribution in [3.63, 3.8) is 0 Å². The summed E-state index contributed by atoms with van der Waals surface area (Å²) in [4.78, 5) is 0.904. The Balaban J connectivity index is 1.52. The number of rotatable bonds is 3. The van der Waals surface area contributed by atoms with Crippen molar-refractivity contribution in [1.29, 1.82) is 0 Å². The van der Waals surface area contributed by atoms with E-state index in [1.165, 1.54) is 16.3 Å². The van der Waals surface area contributed by atoms with Crippen LogP contribution in [0, 0.1) is 0 Å². The fourth-order valence-corrected chi connectivity index (χ4v) is 5.02. The highest BCUT2D eigenvalue weighted by Crippen LogP contribution is 2.42. The van der Waals surface area contributed by atoms with Gasteiger partial charge in [-0.25, -0.2) is 8.51 Å². The van der Waals surface area contributed by atoms with Crippen LogP contribution in [-0.2, 0) is 11.0 Å². The summed E-state index contributed by atoms with van der Waals surface area (Å²) in [5, 5.41) is 4.71. The minimum absolute atomic E-state index is 0.228. The predicted molar refractivity (Wildman–Crippen MR) is 104 cm³/mol. The molecule has 0 amide bonds. The van der Waals surface area contributed by atoms with Crippen LogP contribution in [0.5, 0.6) is 0 Å². The van der Waals surface area contributed by atoms with Crippen molar-refractivity contribution in [1.82, 2.24) is 4.31 Å². The van der Waals surface area contributed by atoms with Crippen molar-refractivity contribution in [2.45, 2.75) is 10.9 Å². The molecule has 0 N–H and O–H groups in total. The molecule has 0 bridgehead atoms. The van der Waals surface area contributed by atoms with E-state index in [2.05, 4.69) is 65.0 Å². The normalized spacial score (nSPS) is 20.6. The highest BCUT2D eigenvalue weighted by atomic mass is 32.2. The summed E-state index contributed by atoms with van der Waals surface area (Å²) >= 11 is 0. The van der Waals surface area contributed by atoms with Crippen LogP contribution in [0.3, 0.4) is 0 Å². The maximum Gasteiger partial charge on any atom is 0.128 e. The van der Waals surface area contributed by atoms with Crippen molar-refractivity contribution >= 4 is 32.5 Å². The van der Waals surface area contributed by atoms with E-state index in [0.29, 0.717) is 0 Å².